The van der Waals surface area contributed by atoms with Gasteiger partial charge in [0.2, 0.25) is 0 Å². The minimum absolute atomic E-state index is 0.183. The summed E-state index contributed by atoms with van der Waals surface area (Å²) < 4.78 is 11.3. The van der Waals surface area contributed by atoms with Crippen LogP contribution in [0.4, 0.5) is 5.69 Å². The fourth-order valence-corrected chi connectivity index (χ4v) is 2.60. The molecule has 0 fully saturated rings. The number of likely N-dealkylation sites (N-methyl/N-ethyl adjacent to an activating group) is 1. The minimum atomic E-state index is -0.279. The molecule has 0 aliphatic carbocycles. The van der Waals surface area contributed by atoms with Gasteiger partial charge in [-0.25, -0.2) is 0 Å². The zero-order valence-electron chi connectivity index (χ0n) is 12.3. The molecule has 0 atom stereocenters. The molecule has 0 aromatic heterocycles. The first kappa shape index (κ1) is 15.8. The number of hydrogen-bond donors (Lipinski definition) is 0. The molecule has 1 rings (SSSR count). The number of rotatable bonds is 4. The summed E-state index contributed by atoms with van der Waals surface area (Å²) in [5.41, 5.74) is 4.16. The van der Waals surface area contributed by atoms with E-state index in [1.54, 1.807) is 7.11 Å². The van der Waals surface area contributed by atoms with Gasteiger partial charge in [-0.3, -0.25) is 4.79 Å². The summed E-state index contributed by atoms with van der Waals surface area (Å²) in [6, 6.07) is 0. The highest BCUT2D eigenvalue weighted by Crippen LogP contribution is 2.41. The molecular weight excluding hydrogens is 310 g/mol. The van der Waals surface area contributed by atoms with Gasteiger partial charge in [-0.05, 0) is 37.5 Å². The Kier molecular flexibility index (Phi) is 5.23. The smallest absolute Gasteiger partial charge is 0.325 e. The molecule has 0 bridgehead atoms. The van der Waals surface area contributed by atoms with Gasteiger partial charge in [0.25, 0.3) is 0 Å². The topological polar surface area (TPSA) is 38.8 Å². The highest BCUT2D eigenvalue weighted by atomic mass is 79.9. The Morgan fingerprint density at radius 1 is 1.16 bits per heavy atom. The van der Waals surface area contributed by atoms with Gasteiger partial charge in [0.05, 0.1) is 19.9 Å². The van der Waals surface area contributed by atoms with Crippen molar-refractivity contribution in [2.24, 2.45) is 0 Å². The highest BCUT2D eigenvalue weighted by molar-refractivity contribution is 9.10. The Labute approximate surface area is 122 Å². The van der Waals surface area contributed by atoms with Crippen molar-refractivity contribution in [1.82, 2.24) is 0 Å². The first-order chi connectivity index (χ1) is 8.84. The van der Waals surface area contributed by atoms with Crippen LogP contribution in [0.3, 0.4) is 0 Å². The molecule has 1 aromatic rings. The Hall–Kier alpha value is -1.23. The maximum absolute atomic E-state index is 11.4. The quantitative estimate of drug-likeness (QED) is 0.796. The summed E-state index contributed by atoms with van der Waals surface area (Å²) in [6.45, 7) is 6.23. The second kappa shape index (κ2) is 6.28. The van der Waals surface area contributed by atoms with Gasteiger partial charge in [-0.1, -0.05) is 15.9 Å². The van der Waals surface area contributed by atoms with Gasteiger partial charge in [0.1, 0.15) is 12.3 Å². The lowest BCUT2D eigenvalue weighted by Crippen LogP contribution is -2.27. The van der Waals surface area contributed by atoms with Crippen LogP contribution in [0.2, 0.25) is 0 Å². The second-order valence-corrected chi connectivity index (χ2v) is 5.30. The summed E-state index contributed by atoms with van der Waals surface area (Å²) in [5.74, 6) is 0.517. The van der Waals surface area contributed by atoms with E-state index in [9.17, 15) is 4.79 Å². The maximum atomic E-state index is 11.4. The lowest BCUT2D eigenvalue weighted by molar-refractivity contribution is -0.138. The average Bonchev–Trinajstić information content (AvgIpc) is 2.39. The van der Waals surface area contributed by atoms with E-state index in [-0.39, 0.29) is 12.5 Å². The lowest BCUT2D eigenvalue weighted by atomic mass is 10.0. The van der Waals surface area contributed by atoms with Crippen molar-refractivity contribution < 1.29 is 14.3 Å². The molecule has 0 aliphatic rings. The predicted molar refractivity (Wildman–Crippen MR) is 80.2 cm³/mol. The zero-order valence-corrected chi connectivity index (χ0v) is 13.8. The van der Waals surface area contributed by atoms with Crippen molar-refractivity contribution in [3.63, 3.8) is 0 Å². The predicted octanol–water partition coefficient (Wildman–Crippen LogP) is 2.99. The number of ether oxygens (including phenoxy) is 2. The normalized spacial score (nSPS) is 10.3. The van der Waals surface area contributed by atoms with E-state index in [1.165, 1.54) is 7.11 Å². The molecule has 0 saturated heterocycles. The Balaban J connectivity index is 3.37. The lowest BCUT2D eigenvalue weighted by Gasteiger charge is -2.26. The van der Waals surface area contributed by atoms with Crippen LogP contribution in [0, 0.1) is 20.8 Å². The number of carbonyl (C=O) groups is 1. The number of carbonyl (C=O) groups excluding carboxylic acids is 1. The Morgan fingerprint density at radius 3 is 2.21 bits per heavy atom. The number of hydrogen-bond acceptors (Lipinski definition) is 4. The zero-order chi connectivity index (χ0) is 14.7. The Morgan fingerprint density at radius 2 is 1.74 bits per heavy atom. The summed E-state index contributed by atoms with van der Waals surface area (Å²) in [6.07, 6.45) is 0. The number of esters is 1. The van der Waals surface area contributed by atoms with Crippen molar-refractivity contribution in [3.05, 3.63) is 21.2 Å². The molecule has 0 saturated carbocycles. The van der Waals surface area contributed by atoms with Crippen molar-refractivity contribution in [2.75, 3.05) is 32.7 Å². The molecule has 0 unspecified atom stereocenters. The monoisotopic (exact) mass is 329 g/mol. The minimum Gasteiger partial charge on any atom is -0.494 e. The van der Waals surface area contributed by atoms with E-state index in [4.69, 9.17) is 9.47 Å². The summed E-state index contributed by atoms with van der Waals surface area (Å²) in [4.78, 5) is 13.3. The van der Waals surface area contributed by atoms with E-state index < -0.39 is 0 Å². The van der Waals surface area contributed by atoms with Crippen LogP contribution >= 0.6 is 15.9 Å². The third-order valence-corrected chi connectivity index (χ3v) is 4.50. The van der Waals surface area contributed by atoms with E-state index in [2.05, 4.69) is 15.9 Å². The summed E-state index contributed by atoms with van der Waals surface area (Å²) >= 11 is 3.60. The van der Waals surface area contributed by atoms with Crippen molar-refractivity contribution in [2.45, 2.75) is 20.8 Å². The maximum Gasteiger partial charge on any atom is 0.325 e. The van der Waals surface area contributed by atoms with Crippen molar-refractivity contribution in [3.8, 4) is 5.75 Å². The first-order valence-corrected chi connectivity index (χ1v) is 6.75. The number of halogens is 1. The molecular formula is C14H20BrNO3. The van der Waals surface area contributed by atoms with Crippen LogP contribution in [-0.4, -0.2) is 33.8 Å². The van der Waals surface area contributed by atoms with Gasteiger partial charge in [-0.2, -0.15) is 0 Å². The molecule has 0 radical (unpaired) electrons. The fraction of sp³-hybridized carbons (Fsp3) is 0.500. The third-order valence-electron chi connectivity index (χ3n) is 3.31. The average molecular weight is 330 g/mol. The number of anilines is 1. The standard InChI is InChI=1S/C14H20BrNO3/c1-8-9(2)14(19-6)13(10(3)12(8)15)16(4)7-11(17)18-5/h7H2,1-6H3. The van der Waals surface area contributed by atoms with Crippen LogP contribution < -0.4 is 9.64 Å². The van der Waals surface area contributed by atoms with Gasteiger partial charge in [-0.15, -0.1) is 0 Å². The first-order valence-electron chi connectivity index (χ1n) is 5.96. The number of methoxy groups -OCH3 is 2. The van der Waals surface area contributed by atoms with Crippen LogP contribution in [0.5, 0.6) is 5.75 Å². The molecule has 5 heteroatoms. The highest BCUT2D eigenvalue weighted by Gasteiger charge is 2.21. The van der Waals surface area contributed by atoms with Crippen LogP contribution in [0.1, 0.15) is 16.7 Å². The van der Waals surface area contributed by atoms with E-state index in [1.807, 2.05) is 32.7 Å². The summed E-state index contributed by atoms with van der Waals surface area (Å²) in [7, 11) is 4.88. The molecule has 0 amide bonds. The molecule has 4 nitrogen and oxygen atoms in total. The van der Waals surface area contributed by atoms with E-state index in [0.717, 1.165) is 32.6 Å². The van der Waals surface area contributed by atoms with Crippen LogP contribution in [0.25, 0.3) is 0 Å². The van der Waals surface area contributed by atoms with Gasteiger partial charge < -0.3 is 14.4 Å². The molecule has 106 valence electrons. The van der Waals surface area contributed by atoms with Gasteiger partial charge in [0, 0.05) is 11.5 Å². The second-order valence-electron chi connectivity index (χ2n) is 4.50. The summed E-state index contributed by atoms with van der Waals surface area (Å²) in [5, 5.41) is 0. The Bertz CT molecular complexity index is 500. The third kappa shape index (κ3) is 3.03. The van der Waals surface area contributed by atoms with Crippen molar-refractivity contribution >= 4 is 27.6 Å². The largest absolute Gasteiger partial charge is 0.494 e. The van der Waals surface area contributed by atoms with Crippen LogP contribution in [-0.2, 0) is 9.53 Å². The SMILES string of the molecule is COC(=O)CN(C)c1c(C)c(Br)c(C)c(C)c1OC. The van der Waals surface area contributed by atoms with E-state index in [0.29, 0.717) is 0 Å². The van der Waals surface area contributed by atoms with Crippen LogP contribution in [0.15, 0.2) is 4.47 Å². The molecule has 0 N–H and O–H groups in total. The number of nitrogens with zero attached hydrogens (tertiary/aromatic N) is 1. The molecule has 0 aliphatic heterocycles. The fourth-order valence-electron chi connectivity index (χ4n) is 2.11. The molecule has 0 heterocycles. The van der Waals surface area contributed by atoms with Gasteiger partial charge >= 0.3 is 5.97 Å². The molecule has 0 spiro atoms. The van der Waals surface area contributed by atoms with Gasteiger partial charge in [0.15, 0.2) is 0 Å². The molecule has 1 aromatic carbocycles. The molecule has 19 heavy (non-hydrogen) atoms. The number of benzene rings is 1. The van der Waals surface area contributed by atoms with E-state index >= 15 is 0 Å². The van der Waals surface area contributed by atoms with Crippen molar-refractivity contribution in [1.29, 1.82) is 0 Å².